The van der Waals surface area contributed by atoms with Gasteiger partial charge in [-0.15, -0.1) is 11.8 Å². The fourth-order valence-corrected chi connectivity index (χ4v) is 5.57. The predicted octanol–water partition coefficient (Wildman–Crippen LogP) is 2.56. The molecule has 2 amide bonds. The first-order chi connectivity index (χ1) is 14.1. The van der Waals surface area contributed by atoms with Crippen LogP contribution in [0.1, 0.15) is 30.6 Å². The first-order valence-corrected chi connectivity index (χ1v) is 12.6. The molecule has 0 radical (unpaired) electrons. The van der Waals surface area contributed by atoms with Gasteiger partial charge in [-0.05, 0) is 39.3 Å². The number of rotatable bonds is 7. The normalized spacial score (nSPS) is 18.7. The number of aryl methyl sites for hydroxylation is 2. The Kier molecular flexibility index (Phi) is 6.87. The molecule has 2 atom stereocenters. The molecule has 1 saturated heterocycles. The standard InChI is InChI=1S/C20H26N4O4S2/c1-13-4-6-16(7-5-13)21-19(25)11-29-15(3)20(26)22-18-10-14(2)23-24(18)17-8-9-30(27,28)12-17/h4-7,10,15,17H,8-9,11-12H2,1-3H3,(H,21,25)(H,22,26). The third-order valence-corrected chi connectivity index (χ3v) is 7.73. The van der Waals surface area contributed by atoms with Crippen LogP contribution in [0.5, 0.6) is 0 Å². The van der Waals surface area contributed by atoms with Crippen molar-refractivity contribution in [3.63, 3.8) is 0 Å². The maximum atomic E-state index is 12.6. The molecular formula is C20H26N4O4S2. The molecule has 1 aromatic heterocycles. The molecule has 1 fully saturated rings. The highest BCUT2D eigenvalue weighted by molar-refractivity contribution is 8.01. The minimum atomic E-state index is -3.06. The zero-order valence-electron chi connectivity index (χ0n) is 17.2. The molecule has 3 rings (SSSR count). The van der Waals surface area contributed by atoms with E-state index in [4.69, 9.17) is 0 Å². The van der Waals surface area contributed by atoms with E-state index in [-0.39, 0.29) is 35.1 Å². The zero-order valence-corrected chi connectivity index (χ0v) is 18.8. The Morgan fingerprint density at radius 2 is 1.93 bits per heavy atom. The highest BCUT2D eigenvalue weighted by atomic mass is 32.2. The van der Waals surface area contributed by atoms with Crippen LogP contribution in [0.2, 0.25) is 0 Å². The molecule has 2 heterocycles. The molecule has 0 spiro atoms. The summed E-state index contributed by atoms with van der Waals surface area (Å²) in [4.78, 5) is 24.7. The van der Waals surface area contributed by atoms with Gasteiger partial charge < -0.3 is 10.6 Å². The number of anilines is 2. The second kappa shape index (κ2) is 9.22. The van der Waals surface area contributed by atoms with E-state index in [0.717, 1.165) is 5.56 Å². The molecule has 30 heavy (non-hydrogen) atoms. The van der Waals surface area contributed by atoms with E-state index in [0.29, 0.717) is 23.6 Å². The van der Waals surface area contributed by atoms with Gasteiger partial charge in [-0.1, -0.05) is 17.7 Å². The number of hydrogen-bond acceptors (Lipinski definition) is 6. The van der Waals surface area contributed by atoms with Gasteiger partial charge in [-0.2, -0.15) is 5.10 Å². The smallest absolute Gasteiger partial charge is 0.238 e. The maximum absolute atomic E-state index is 12.6. The Balaban J connectivity index is 1.54. The van der Waals surface area contributed by atoms with Gasteiger partial charge in [0.2, 0.25) is 11.8 Å². The fraction of sp³-hybridized carbons (Fsp3) is 0.450. The summed E-state index contributed by atoms with van der Waals surface area (Å²) in [5.74, 6) is 0.343. The summed E-state index contributed by atoms with van der Waals surface area (Å²) in [6, 6.07) is 8.95. The Labute approximate surface area is 180 Å². The summed E-state index contributed by atoms with van der Waals surface area (Å²) in [7, 11) is -3.06. The van der Waals surface area contributed by atoms with Crippen LogP contribution in [-0.2, 0) is 19.4 Å². The molecule has 1 aliphatic heterocycles. The predicted molar refractivity (Wildman–Crippen MR) is 120 cm³/mol. The second-order valence-electron chi connectivity index (χ2n) is 7.53. The Morgan fingerprint density at radius 3 is 2.57 bits per heavy atom. The van der Waals surface area contributed by atoms with Gasteiger partial charge in [-0.25, -0.2) is 13.1 Å². The van der Waals surface area contributed by atoms with Gasteiger partial charge in [0.1, 0.15) is 5.82 Å². The van der Waals surface area contributed by atoms with Crippen molar-refractivity contribution in [2.24, 2.45) is 0 Å². The quantitative estimate of drug-likeness (QED) is 0.671. The Bertz CT molecular complexity index is 1030. The van der Waals surface area contributed by atoms with Gasteiger partial charge in [0.15, 0.2) is 9.84 Å². The van der Waals surface area contributed by atoms with Crippen molar-refractivity contribution >= 4 is 44.9 Å². The van der Waals surface area contributed by atoms with E-state index in [9.17, 15) is 18.0 Å². The lowest BCUT2D eigenvalue weighted by atomic mass is 10.2. The summed E-state index contributed by atoms with van der Waals surface area (Å²) in [5.41, 5.74) is 2.53. The SMILES string of the molecule is Cc1ccc(NC(=O)CSC(C)C(=O)Nc2cc(C)nn2C2CCS(=O)(=O)C2)cc1. The number of aromatic nitrogens is 2. The lowest BCUT2D eigenvalue weighted by Gasteiger charge is -2.16. The van der Waals surface area contributed by atoms with Crippen LogP contribution in [0.15, 0.2) is 30.3 Å². The number of carbonyl (C=O) groups is 2. The first kappa shape index (κ1) is 22.4. The maximum Gasteiger partial charge on any atom is 0.238 e. The minimum Gasteiger partial charge on any atom is -0.325 e. The molecule has 10 heteroatoms. The summed E-state index contributed by atoms with van der Waals surface area (Å²) in [5, 5.41) is 9.53. The van der Waals surface area contributed by atoms with Crippen LogP contribution in [0, 0.1) is 13.8 Å². The van der Waals surface area contributed by atoms with Gasteiger partial charge >= 0.3 is 0 Å². The number of amides is 2. The number of nitrogens with one attached hydrogen (secondary N) is 2. The fourth-order valence-electron chi connectivity index (χ4n) is 3.19. The second-order valence-corrected chi connectivity index (χ2v) is 11.1. The van der Waals surface area contributed by atoms with E-state index >= 15 is 0 Å². The molecule has 0 aliphatic carbocycles. The summed E-state index contributed by atoms with van der Waals surface area (Å²) < 4.78 is 25.2. The van der Waals surface area contributed by atoms with Crippen molar-refractivity contribution in [2.45, 2.75) is 38.5 Å². The highest BCUT2D eigenvalue weighted by Gasteiger charge is 2.31. The molecule has 8 nitrogen and oxygen atoms in total. The third kappa shape index (κ3) is 5.85. The van der Waals surface area contributed by atoms with E-state index in [1.165, 1.54) is 11.8 Å². The molecule has 2 unspecified atom stereocenters. The number of hydrogen-bond donors (Lipinski definition) is 2. The van der Waals surface area contributed by atoms with Crippen molar-refractivity contribution in [2.75, 3.05) is 27.9 Å². The molecule has 2 aromatic rings. The third-order valence-electron chi connectivity index (χ3n) is 4.83. The summed E-state index contributed by atoms with van der Waals surface area (Å²) in [6.45, 7) is 5.50. The number of thioether (sulfide) groups is 1. The van der Waals surface area contributed by atoms with Crippen molar-refractivity contribution in [3.8, 4) is 0 Å². The van der Waals surface area contributed by atoms with Crippen LogP contribution in [0.25, 0.3) is 0 Å². The average Bonchev–Trinajstić information content (AvgIpc) is 3.22. The molecule has 1 aromatic carbocycles. The number of nitrogens with zero attached hydrogens (tertiary/aromatic N) is 2. The van der Waals surface area contributed by atoms with Crippen molar-refractivity contribution < 1.29 is 18.0 Å². The zero-order chi connectivity index (χ0) is 21.9. The van der Waals surface area contributed by atoms with Crippen LogP contribution >= 0.6 is 11.8 Å². The minimum absolute atomic E-state index is 0.0282. The Hall–Kier alpha value is -2.33. The van der Waals surface area contributed by atoms with Crippen molar-refractivity contribution in [1.82, 2.24) is 9.78 Å². The van der Waals surface area contributed by atoms with Gasteiger partial charge in [0, 0.05) is 11.8 Å². The summed E-state index contributed by atoms with van der Waals surface area (Å²) in [6.07, 6.45) is 0.482. The monoisotopic (exact) mass is 450 g/mol. The van der Waals surface area contributed by atoms with E-state index in [2.05, 4.69) is 15.7 Å². The highest BCUT2D eigenvalue weighted by Crippen LogP contribution is 2.27. The van der Waals surface area contributed by atoms with E-state index in [1.54, 1.807) is 24.6 Å². The number of sulfone groups is 1. The molecule has 0 saturated carbocycles. The summed E-state index contributed by atoms with van der Waals surface area (Å²) >= 11 is 1.23. The molecule has 0 bridgehead atoms. The lowest BCUT2D eigenvalue weighted by molar-refractivity contribution is -0.115. The van der Waals surface area contributed by atoms with Gasteiger partial charge in [-0.3, -0.25) is 9.59 Å². The van der Waals surface area contributed by atoms with Gasteiger partial charge in [0.05, 0.1) is 34.2 Å². The Morgan fingerprint density at radius 1 is 1.23 bits per heavy atom. The molecular weight excluding hydrogens is 424 g/mol. The number of benzene rings is 1. The molecule has 162 valence electrons. The molecule has 2 N–H and O–H groups in total. The van der Waals surface area contributed by atoms with Crippen LogP contribution < -0.4 is 10.6 Å². The topological polar surface area (TPSA) is 110 Å². The average molecular weight is 451 g/mol. The van der Waals surface area contributed by atoms with Crippen LogP contribution in [-0.4, -0.2) is 52.5 Å². The van der Waals surface area contributed by atoms with Crippen molar-refractivity contribution in [1.29, 1.82) is 0 Å². The van der Waals surface area contributed by atoms with Crippen molar-refractivity contribution in [3.05, 3.63) is 41.6 Å². The van der Waals surface area contributed by atoms with Gasteiger partial charge in [0.25, 0.3) is 0 Å². The lowest BCUT2D eigenvalue weighted by Crippen LogP contribution is -2.27. The largest absolute Gasteiger partial charge is 0.325 e. The first-order valence-electron chi connectivity index (χ1n) is 9.68. The van der Waals surface area contributed by atoms with Crippen LogP contribution in [0.4, 0.5) is 11.5 Å². The van der Waals surface area contributed by atoms with E-state index < -0.39 is 15.1 Å². The number of carbonyl (C=O) groups excluding carboxylic acids is 2. The molecule has 1 aliphatic rings. The van der Waals surface area contributed by atoms with E-state index in [1.807, 2.05) is 31.2 Å². The van der Waals surface area contributed by atoms with Crippen LogP contribution in [0.3, 0.4) is 0 Å².